The molecule has 2 atom stereocenters. The van der Waals surface area contributed by atoms with Crippen LogP contribution < -0.4 is 16.2 Å². The summed E-state index contributed by atoms with van der Waals surface area (Å²) in [6, 6.07) is 21.3. The minimum Gasteiger partial charge on any atom is -0.376 e. The number of nitrogens with one attached hydrogen (secondary N) is 2. The standard InChI is InChI=1S/C31H31ClN4O4S/c1-2-27(29(38)34-23-15-13-22(32)14-16-23)41-31-35-26-8-4-3-7-25(26)30(39)36(31)19-20-9-11-21(12-10-20)28(37)33-18-24-6-5-17-40-24/h3-4,7-16,24,27H,2,5-6,17-19H2,1H3,(H,33,37)(H,34,38)/t24-,27+/m1/s1. The maximum atomic E-state index is 13.6. The van der Waals surface area contributed by atoms with E-state index in [2.05, 4.69) is 10.6 Å². The third-order valence-electron chi connectivity index (χ3n) is 6.92. The van der Waals surface area contributed by atoms with Gasteiger partial charge >= 0.3 is 0 Å². The number of hydrogen-bond donors (Lipinski definition) is 2. The normalized spacial score (nSPS) is 15.5. The maximum absolute atomic E-state index is 13.6. The summed E-state index contributed by atoms with van der Waals surface area (Å²) in [5, 5.41) is 6.91. The molecule has 10 heteroatoms. The number of para-hydroxylation sites is 1. The molecule has 4 aromatic rings. The van der Waals surface area contributed by atoms with Gasteiger partial charge in [0.05, 0.1) is 28.8 Å². The first kappa shape index (κ1) is 28.9. The van der Waals surface area contributed by atoms with Crippen molar-refractivity contribution in [1.82, 2.24) is 14.9 Å². The van der Waals surface area contributed by atoms with Gasteiger partial charge in [0.15, 0.2) is 5.16 Å². The SMILES string of the molecule is CC[C@H](Sc1nc2ccccc2c(=O)n1Cc1ccc(C(=O)NC[C@H]2CCCO2)cc1)C(=O)Nc1ccc(Cl)cc1. The van der Waals surface area contributed by atoms with Gasteiger partial charge in [0.1, 0.15) is 0 Å². The Bertz CT molecular complexity index is 1590. The monoisotopic (exact) mass is 590 g/mol. The summed E-state index contributed by atoms with van der Waals surface area (Å²) in [5.41, 5.74) is 2.39. The molecular weight excluding hydrogens is 560 g/mol. The number of carbonyl (C=O) groups excluding carboxylic acids is 2. The van der Waals surface area contributed by atoms with Gasteiger partial charge in [-0.05, 0) is 73.4 Å². The number of benzene rings is 3. The quantitative estimate of drug-likeness (QED) is 0.186. The Morgan fingerprint density at radius 1 is 1.10 bits per heavy atom. The summed E-state index contributed by atoms with van der Waals surface area (Å²) < 4.78 is 7.17. The van der Waals surface area contributed by atoms with E-state index in [1.54, 1.807) is 59.2 Å². The zero-order chi connectivity index (χ0) is 28.8. The fraction of sp³-hybridized carbons (Fsp3) is 0.290. The summed E-state index contributed by atoms with van der Waals surface area (Å²) in [7, 11) is 0. The molecule has 2 heterocycles. The second-order valence-corrected chi connectivity index (χ2v) is 11.5. The molecule has 1 fully saturated rings. The zero-order valence-electron chi connectivity index (χ0n) is 22.6. The number of hydrogen-bond acceptors (Lipinski definition) is 6. The van der Waals surface area contributed by atoms with Crippen molar-refractivity contribution < 1.29 is 14.3 Å². The molecule has 1 aliphatic rings. The van der Waals surface area contributed by atoms with Crippen molar-refractivity contribution in [3.8, 4) is 0 Å². The van der Waals surface area contributed by atoms with Crippen molar-refractivity contribution in [3.05, 3.63) is 99.3 Å². The molecule has 3 aromatic carbocycles. The first-order valence-corrected chi connectivity index (χ1v) is 14.9. The second kappa shape index (κ2) is 13.3. The maximum Gasteiger partial charge on any atom is 0.262 e. The van der Waals surface area contributed by atoms with E-state index in [0.717, 1.165) is 25.0 Å². The van der Waals surface area contributed by atoms with E-state index in [-0.39, 0.29) is 30.0 Å². The Morgan fingerprint density at radius 2 is 1.85 bits per heavy atom. The lowest BCUT2D eigenvalue weighted by Crippen LogP contribution is -2.31. The van der Waals surface area contributed by atoms with Crippen LogP contribution in [-0.2, 0) is 16.1 Å². The number of aromatic nitrogens is 2. The average Bonchev–Trinajstić information content (AvgIpc) is 3.52. The smallest absolute Gasteiger partial charge is 0.262 e. The van der Waals surface area contributed by atoms with E-state index < -0.39 is 5.25 Å². The van der Waals surface area contributed by atoms with Crippen LogP contribution in [0.5, 0.6) is 0 Å². The van der Waals surface area contributed by atoms with Crippen LogP contribution in [0.4, 0.5) is 5.69 Å². The highest BCUT2D eigenvalue weighted by Crippen LogP contribution is 2.27. The van der Waals surface area contributed by atoms with Crippen LogP contribution in [0.15, 0.2) is 82.7 Å². The molecule has 212 valence electrons. The zero-order valence-corrected chi connectivity index (χ0v) is 24.2. The van der Waals surface area contributed by atoms with Crippen molar-refractivity contribution in [3.63, 3.8) is 0 Å². The number of rotatable bonds is 10. The molecule has 1 aliphatic heterocycles. The molecule has 0 unspecified atom stereocenters. The molecule has 5 rings (SSSR count). The number of anilines is 1. The second-order valence-electron chi connectivity index (χ2n) is 9.86. The van der Waals surface area contributed by atoms with Crippen LogP contribution in [0.3, 0.4) is 0 Å². The van der Waals surface area contributed by atoms with Crippen LogP contribution in [0.2, 0.25) is 5.02 Å². The number of fused-ring (bicyclic) bond motifs is 1. The topological polar surface area (TPSA) is 102 Å². The fourth-order valence-corrected chi connectivity index (χ4v) is 5.78. The van der Waals surface area contributed by atoms with Gasteiger partial charge in [-0.1, -0.05) is 54.6 Å². The number of halogens is 1. The first-order valence-electron chi connectivity index (χ1n) is 13.6. The van der Waals surface area contributed by atoms with Crippen LogP contribution in [0.25, 0.3) is 10.9 Å². The van der Waals surface area contributed by atoms with E-state index in [9.17, 15) is 14.4 Å². The first-order chi connectivity index (χ1) is 19.9. The lowest BCUT2D eigenvalue weighted by molar-refractivity contribution is -0.115. The molecule has 2 N–H and O–H groups in total. The molecule has 0 bridgehead atoms. The van der Waals surface area contributed by atoms with Crippen LogP contribution >= 0.6 is 23.4 Å². The third-order valence-corrected chi connectivity index (χ3v) is 8.53. The molecule has 1 saturated heterocycles. The Balaban J connectivity index is 1.36. The molecule has 0 aliphatic carbocycles. The van der Waals surface area contributed by atoms with Crippen LogP contribution in [-0.4, -0.2) is 45.9 Å². The molecule has 41 heavy (non-hydrogen) atoms. The highest BCUT2D eigenvalue weighted by atomic mass is 35.5. The number of thioether (sulfide) groups is 1. The van der Waals surface area contributed by atoms with Crippen LogP contribution in [0, 0.1) is 0 Å². The Labute approximate surface area is 247 Å². The van der Waals surface area contributed by atoms with E-state index in [0.29, 0.717) is 45.3 Å². The third kappa shape index (κ3) is 7.16. The molecular formula is C31H31ClN4O4S. The van der Waals surface area contributed by atoms with Gasteiger partial charge < -0.3 is 15.4 Å². The predicted octanol–water partition coefficient (Wildman–Crippen LogP) is 5.52. The summed E-state index contributed by atoms with van der Waals surface area (Å²) in [4.78, 5) is 44.2. The van der Waals surface area contributed by atoms with Crippen molar-refractivity contribution in [2.75, 3.05) is 18.5 Å². The van der Waals surface area contributed by atoms with Gasteiger partial charge in [-0.15, -0.1) is 0 Å². The van der Waals surface area contributed by atoms with Gasteiger partial charge in [-0.3, -0.25) is 19.0 Å². The molecule has 8 nitrogen and oxygen atoms in total. The van der Waals surface area contributed by atoms with E-state index in [4.69, 9.17) is 21.3 Å². The predicted molar refractivity (Wildman–Crippen MR) is 163 cm³/mol. The summed E-state index contributed by atoms with van der Waals surface area (Å²) in [6.45, 7) is 3.39. The van der Waals surface area contributed by atoms with Crippen molar-refractivity contribution >= 4 is 51.8 Å². The number of nitrogens with zero attached hydrogens (tertiary/aromatic N) is 2. The largest absolute Gasteiger partial charge is 0.376 e. The van der Waals surface area contributed by atoms with Crippen molar-refractivity contribution in [2.45, 2.75) is 49.2 Å². The highest BCUT2D eigenvalue weighted by molar-refractivity contribution is 8.00. The number of carbonyl (C=O) groups is 2. The van der Waals surface area contributed by atoms with Gasteiger partial charge in [0, 0.05) is 29.4 Å². The van der Waals surface area contributed by atoms with Gasteiger partial charge in [0.25, 0.3) is 11.5 Å². The Hall–Kier alpha value is -3.66. The summed E-state index contributed by atoms with van der Waals surface area (Å²) in [5.74, 6) is -0.350. The van der Waals surface area contributed by atoms with E-state index >= 15 is 0 Å². The minimum atomic E-state index is -0.486. The average molecular weight is 591 g/mol. The number of amides is 2. The molecule has 0 spiro atoms. The van der Waals surface area contributed by atoms with Gasteiger partial charge in [-0.2, -0.15) is 0 Å². The molecule has 0 radical (unpaired) electrons. The van der Waals surface area contributed by atoms with Crippen molar-refractivity contribution in [1.29, 1.82) is 0 Å². The van der Waals surface area contributed by atoms with Crippen molar-refractivity contribution in [2.24, 2.45) is 0 Å². The summed E-state index contributed by atoms with van der Waals surface area (Å²) >= 11 is 7.23. The molecule has 2 amide bonds. The summed E-state index contributed by atoms with van der Waals surface area (Å²) in [6.07, 6.45) is 2.57. The van der Waals surface area contributed by atoms with E-state index in [1.807, 2.05) is 25.1 Å². The lowest BCUT2D eigenvalue weighted by atomic mass is 10.1. The molecule has 0 saturated carbocycles. The van der Waals surface area contributed by atoms with Gasteiger partial charge in [0.2, 0.25) is 5.91 Å². The molecule has 1 aromatic heterocycles. The Morgan fingerprint density at radius 3 is 2.56 bits per heavy atom. The minimum absolute atomic E-state index is 0.0710. The fourth-order valence-electron chi connectivity index (χ4n) is 4.64. The lowest BCUT2D eigenvalue weighted by Gasteiger charge is -2.18. The van der Waals surface area contributed by atoms with Crippen LogP contribution in [0.1, 0.15) is 42.1 Å². The Kier molecular flexibility index (Phi) is 9.38. The van der Waals surface area contributed by atoms with Gasteiger partial charge in [-0.25, -0.2) is 4.98 Å². The number of ether oxygens (including phenoxy) is 1. The van der Waals surface area contributed by atoms with E-state index in [1.165, 1.54) is 11.8 Å². The highest BCUT2D eigenvalue weighted by Gasteiger charge is 2.23.